The van der Waals surface area contributed by atoms with Crippen molar-refractivity contribution in [2.24, 2.45) is 0 Å². The zero-order valence-corrected chi connectivity index (χ0v) is 10.6. The van der Waals surface area contributed by atoms with Crippen molar-refractivity contribution in [3.05, 3.63) is 30.0 Å². The Morgan fingerprint density at radius 1 is 1.30 bits per heavy atom. The molecule has 0 saturated heterocycles. The molecule has 2 aromatic rings. The van der Waals surface area contributed by atoms with Gasteiger partial charge in [-0.1, -0.05) is 6.07 Å². The van der Waals surface area contributed by atoms with Gasteiger partial charge in [-0.15, -0.1) is 0 Å². The molecule has 1 aliphatic rings. The van der Waals surface area contributed by atoms with E-state index < -0.39 is 5.97 Å². The summed E-state index contributed by atoms with van der Waals surface area (Å²) < 4.78 is 0. The van der Waals surface area contributed by atoms with E-state index in [2.05, 4.69) is 20.6 Å². The molecule has 0 unspecified atom stereocenters. The third-order valence-electron chi connectivity index (χ3n) is 3.10. The summed E-state index contributed by atoms with van der Waals surface area (Å²) in [6, 6.07) is 4.79. The highest BCUT2D eigenvalue weighted by molar-refractivity contribution is 5.97. The van der Waals surface area contributed by atoms with Crippen LogP contribution in [-0.4, -0.2) is 34.1 Å². The Hall–Kier alpha value is -2.83. The minimum atomic E-state index is -1.07. The van der Waals surface area contributed by atoms with Crippen LogP contribution >= 0.6 is 0 Å². The normalized spacial score (nSPS) is 13.0. The molecule has 7 nitrogen and oxygen atoms in total. The summed E-state index contributed by atoms with van der Waals surface area (Å²) in [5, 5.41) is 15.4. The fourth-order valence-corrected chi connectivity index (χ4v) is 2.10. The molecule has 2 heterocycles. The average molecular weight is 271 g/mol. The first kappa shape index (κ1) is 12.2. The predicted molar refractivity (Wildman–Crippen MR) is 75.8 cm³/mol. The van der Waals surface area contributed by atoms with Crippen LogP contribution in [0, 0.1) is 0 Å². The van der Waals surface area contributed by atoms with Crippen LogP contribution in [0.2, 0.25) is 0 Å². The van der Waals surface area contributed by atoms with E-state index in [1.54, 1.807) is 18.3 Å². The molecule has 0 spiro atoms. The van der Waals surface area contributed by atoms with Crippen molar-refractivity contribution < 1.29 is 9.90 Å². The van der Waals surface area contributed by atoms with Crippen LogP contribution in [0.15, 0.2) is 24.4 Å². The second kappa shape index (κ2) is 4.69. The number of nitrogens with zero attached hydrogens (tertiary/aromatic N) is 2. The number of anilines is 3. The highest BCUT2D eigenvalue weighted by Gasteiger charge is 2.16. The lowest BCUT2D eigenvalue weighted by molar-refractivity contribution is 0.0698. The van der Waals surface area contributed by atoms with Gasteiger partial charge in [0.15, 0.2) is 11.6 Å². The fraction of sp³-hybridized carbons (Fsp3) is 0.154. The van der Waals surface area contributed by atoms with Crippen molar-refractivity contribution in [1.29, 1.82) is 0 Å². The van der Waals surface area contributed by atoms with Crippen LogP contribution in [0.5, 0.6) is 0 Å². The summed E-state index contributed by atoms with van der Waals surface area (Å²) in [6.07, 6.45) is 1.66. The molecule has 0 aliphatic carbocycles. The number of carboxylic acids is 1. The van der Waals surface area contributed by atoms with Crippen LogP contribution in [0.4, 0.5) is 17.2 Å². The Kier molecular flexibility index (Phi) is 2.86. The Morgan fingerprint density at radius 3 is 2.90 bits per heavy atom. The van der Waals surface area contributed by atoms with Gasteiger partial charge < -0.3 is 21.5 Å². The topological polar surface area (TPSA) is 113 Å². The van der Waals surface area contributed by atoms with Gasteiger partial charge in [0.1, 0.15) is 0 Å². The number of nitrogen functional groups attached to an aromatic ring is 1. The zero-order chi connectivity index (χ0) is 14.1. The summed E-state index contributed by atoms with van der Waals surface area (Å²) in [6.45, 7) is 1.58. The number of nitrogens with two attached hydrogens (primary N) is 1. The van der Waals surface area contributed by atoms with Crippen molar-refractivity contribution in [3.63, 3.8) is 0 Å². The van der Waals surface area contributed by atoms with Gasteiger partial charge in [0.25, 0.3) is 0 Å². The molecule has 7 heteroatoms. The van der Waals surface area contributed by atoms with E-state index in [0.717, 1.165) is 18.8 Å². The molecule has 3 rings (SSSR count). The third-order valence-corrected chi connectivity index (χ3v) is 3.10. The van der Waals surface area contributed by atoms with Crippen LogP contribution in [0.3, 0.4) is 0 Å². The number of aromatic nitrogens is 2. The first-order valence-electron chi connectivity index (χ1n) is 6.14. The second-order valence-electron chi connectivity index (χ2n) is 4.38. The van der Waals surface area contributed by atoms with E-state index in [0.29, 0.717) is 17.2 Å². The minimum absolute atomic E-state index is 0.0508. The molecule has 5 N–H and O–H groups in total. The maximum Gasteiger partial charge on any atom is 0.337 e. The van der Waals surface area contributed by atoms with Crippen LogP contribution in [0.1, 0.15) is 10.4 Å². The molecule has 1 aromatic carbocycles. The first-order chi connectivity index (χ1) is 9.66. The molecule has 0 radical (unpaired) electrons. The SMILES string of the molecule is Nc1c(C(=O)O)cccc1-c1ncc2c(n1)NCCN2. The lowest BCUT2D eigenvalue weighted by Crippen LogP contribution is -2.22. The van der Waals surface area contributed by atoms with Crippen molar-refractivity contribution >= 4 is 23.2 Å². The third kappa shape index (κ3) is 1.99. The number of rotatable bonds is 2. The van der Waals surface area contributed by atoms with E-state index in [4.69, 9.17) is 10.8 Å². The largest absolute Gasteiger partial charge is 0.478 e. The van der Waals surface area contributed by atoms with Gasteiger partial charge in [-0.05, 0) is 12.1 Å². The monoisotopic (exact) mass is 271 g/mol. The molecule has 0 amide bonds. The van der Waals surface area contributed by atoms with E-state index in [1.807, 2.05) is 0 Å². The summed E-state index contributed by atoms with van der Waals surface area (Å²) >= 11 is 0. The zero-order valence-electron chi connectivity index (χ0n) is 10.6. The number of benzene rings is 1. The van der Waals surface area contributed by atoms with Crippen molar-refractivity contribution in [1.82, 2.24) is 9.97 Å². The number of para-hydroxylation sites is 1. The van der Waals surface area contributed by atoms with Crippen LogP contribution < -0.4 is 16.4 Å². The van der Waals surface area contributed by atoms with Crippen LogP contribution in [0.25, 0.3) is 11.4 Å². The Balaban J connectivity index is 2.09. The smallest absolute Gasteiger partial charge is 0.337 e. The van der Waals surface area contributed by atoms with Gasteiger partial charge in [0, 0.05) is 18.7 Å². The standard InChI is InChI=1S/C13H13N5O2/c14-10-7(2-1-3-8(10)13(19)20)11-17-6-9-12(18-11)16-5-4-15-9/h1-3,6,15H,4-5,14H2,(H,19,20)(H,16,17,18). The van der Waals surface area contributed by atoms with E-state index in [-0.39, 0.29) is 11.3 Å². The highest BCUT2D eigenvalue weighted by atomic mass is 16.4. The predicted octanol–water partition coefficient (Wildman–Crippen LogP) is 1.26. The summed E-state index contributed by atoms with van der Waals surface area (Å²) in [4.78, 5) is 19.7. The van der Waals surface area contributed by atoms with Gasteiger partial charge in [-0.2, -0.15) is 0 Å². The highest BCUT2D eigenvalue weighted by Crippen LogP contribution is 2.29. The lowest BCUT2D eigenvalue weighted by atomic mass is 10.1. The molecule has 1 aromatic heterocycles. The van der Waals surface area contributed by atoms with E-state index >= 15 is 0 Å². The van der Waals surface area contributed by atoms with Gasteiger partial charge in [-0.25, -0.2) is 14.8 Å². The Labute approximate surface area is 114 Å². The number of fused-ring (bicyclic) bond motifs is 1. The number of carbonyl (C=O) groups is 1. The van der Waals surface area contributed by atoms with Crippen molar-refractivity contribution in [2.45, 2.75) is 0 Å². The summed E-state index contributed by atoms with van der Waals surface area (Å²) in [5.74, 6) is 0.0315. The van der Waals surface area contributed by atoms with Crippen LogP contribution in [-0.2, 0) is 0 Å². The van der Waals surface area contributed by atoms with Gasteiger partial charge in [-0.3, -0.25) is 0 Å². The molecule has 0 atom stereocenters. The second-order valence-corrected chi connectivity index (χ2v) is 4.38. The van der Waals surface area contributed by atoms with Gasteiger partial charge in [0.2, 0.25) is 0 Å². The molecule has 20 heavy (non-hydrogen) atoms. The quantitative estimate of drug-likeness (QED) is 0.608. The lowest BCUT2D eigenvalue weighted by Gasteiger charge is -2.19. The Morgan fingerprint density at radius 2 is 2.10 bits per heavy atom. The fourth-order valence-electron chi connectivity index (χ4n) is 2.10. The number of hydrogen-bond donors (Lipinski definition) is 4. The molecular formula is C13H13N5O2. The molecule has 0 saturated carbocycles. The maximum atomic E-state index is 11.1. The summed E-state index contributed by atoms with van der Waals surface area (Å²) in [7, 11) is 0. The first-order valence-corrected chi connectivity index (χ1v) is 6.14. The number of carboxylic acid groups (broad SMARTS) is 1. The Bertz CT molecular complexity index is 686. The van der Waals surface area contributed by atoms with Crippen molar-refractivity contribution in [2.75, 3.05) is 29.5 Å². The van der Waals surface area contributed by atoms with Crippen molar-refractivity contribution in [3.8, 4) is 11.4 Å². The maximum absolute atomic E-state index is 11.1. The number of aromatic carboxylic acids is 1. The van der Waals surface area contributed by atoms with Gasteiger partial charge >= 0.3 is 5.97 Å². The molecule has 1 aliphatic heterocycles. The molecule has 0 fully saturated rings. The molecular weight excluding hydrogens is 258 g/mol. The van der Waals surface area contributed by atoms with E-state index in [9.17, 15) is 4.79 Å². The molecule has 0 bridgehead atoms. The number of nitrogens with one attached hydrogen (secondary N) is 2. The number of hydrogen-bond acceptors (Lipinski definition) is 6. The van der Waals surface area contributed by atoms with E-state index in [1.165, 1.54) is 6.07 Å². The minimum Gasteiger partial charge on any atom is -0.478 e. The molecule has 102 valence electrons. The summed E-state index contributed by atoms with van der Waals surface area (Å²) in [5.41, 5.74) is 7.46. The average Bonchev–Trinajstić information content (AvgIpc) is 2.46. The van der Waals surface area contributed by atoms with Gasteiger partial charge in [0.05, 0.1) is 23.1 Å².